The molecule has 0 spiro atoms. The minimum absolute atomic E-state index is 0.232. The van der Waals surface area contributed by atoms with E-state index in [4.69, 9.17) is 17.3 Å². The maximum atomic E-state index is 11.1. The van der Waals surface area contributed by atoms with Gasteiger partial charge < -0.3 is 10.6 Å². The molecule has 1 saturated heterocycles. The maximum absolute atomic E-state index is 11.1. The first-order valence-corrected chi connectivity index (χ1v) is 7.45. The van der Waals surface area contributed by atoms with Crippen molar-refractivity contribution in [1.29, 1.82) is 0 Å². The second-order valence-electron chi connectivity index (χ2n) is 5.34. The molecule has 6 heteroatoms. The molecular formula is C14H21ClN4O. The van der Waals surface area contributed by atoms with E-state index in [1.165, 1.54) is 0 Å². The van der Waals surface area contributed by atoms with Gasteiger partial charge in [0, 0.05) is 25.1 Å². The van der Waals surface area contributed by atoms with Gasteiger partial charge in [0.25, 0.3) is 0 Å². The number of amides is 1. The van der Waals surface area contributed by atoms with Crippen LogP contribution in [0.4, 0.5) is 5.82 Å². The Kier molecular flexibility index (Phi) is 4.81. The molecule has 2 heterocycles. The Morgan fingerprint density at radius 1 is 1.50 bits per heavy atom. The first-order chi connectivity index (χ1) is 9.51. The van der Waals surface area contributed by atoms with E-state index >= 15 is 0 Å². The van der Waals surface area contributed by atoms with Gasteiger partial charge in [-0.05, 0) is 32.1 Å². The third-order valence-electron chi connectivity index (χ3n) is 3.71. The van der Waals surface area contributed by atoms with Crippen molar-refractivity contribution in [1.82, 2.24) is 9.97 Å². The molecule has 2 N–H and O–H groups in total. The second kappa shape index (κ2) is 6.39. The number of hydrogen-bond acceptors (Lipinski definition) is 4. The lowest BCUT2D eigenvalue weighted by atomic mass is 9.94. The molecule has 0 saturated carbocycles. The highest BCUT2D eigenvalue weighted by molar-refractivity contribution is 6.30. The Bertz CT molecular complexity index is 506. The van der Waals surface area contributed by atoms with E-state index in [1.54, 1.807) is 0 Å². The zero-order chi connectivity index (χ0) is 14.7. The summed E-state index contributed by atoms with van der Waals surface area (Å²) in [6, 6.07) is 0. The van der Waals surface area contributed by atoms with E-state index in [1.807, 2.05) is 13.8 Å². The van der Waals surface area contributed by atoms with Gasteiger partial charge in [-0.2, -0.15) is 0 Å². The molecule has 0 aliphatic carbocycles. The number of nitrogens with two attached hydrogens (primary N) is 1. The molecule has 110 valence electrons. The molecule has 1 aliphatic rings. The van der Waals surface area contributed by atoms with Crippen LogP contribution in [-0.2, 0) is 11.2 Å². The predicted octanol–water partition coefficient (Wildman–Crippen LogP) is 2.09. The van der Waals surface area contributed by atoms with E-state index in [0.717, 1.165) is 43.7 Å². The van der Waals surface area contributed by atoms with Crippen LogP contribution in [0.2, 0.25) is 5.15 Å². The SMILES string of the molecule is CCc1c(Cl)nc(C)nc1N1CCCC(CC(N)=O)C1. The van der Waals surface area contributed by atoms with Crippen LogP contribution in [0.25, 0.3) is 0 Å². The number of carbonyl (C=O) groups is 1. The number of piperidine rings is 1. The largest absolute Gasteiger partial charge is 0.370 e. The van der Waals surface area contributed by atoms with Crippen LogP contribution in [0.1, 0.15) is 37.6 Å². The molecule has 20 heavy (non-hydrogen) atoms. The zero-order valence-electron chi connectivity index (χ0n) is 12.0. The number of halogens is 1. The molecular weight excluding hydrogens is 276 g/mol. The van der Waals surface area contributed by atoms with Crippen LogP contribution in [0.15, 0.2) is 0 Å². The van der Waals surface area contributed by atoms with Gasteiger partial charge in [0.1, 0.15) is 16.8 Å². The molecule has 1 amide bonds. The number of carbonyl (C=O) groups excluding carboxylic acids is 1. The Balaban J connectivity index is 2.24. The van der Waals surface area contributed by atoms with E-state index in [-0.39, 0.29) is 5.91 Å². The van der Waals surface area contributed by atoms with Gasteiger partial charge in [-0.15, -0.1) is 0 Å². The van der Waals surface area contributed by atoms with E-state index in [9.17, 15) is 4.79 Å². The Labute approximate surface area is 124 Å². The highest BCUT2D eigenvalue weighted by Crippen LogP contribution is 2.29. The van der Waals surface area contributed by atoms with Gasteiger partial charge in [-0.3, -0.25) is 4.79 Å². The lowest BCUT2D eigenvalue weighted by molar-refractivity contribution is -0.118. The van der Waals surface area contributed by atoms with Crippen LogP contribution >= 0.6 is 11.6 Å². The lowest BCUT2D eigenvalue weighted by Crippen LogP contribution is -2.38. The quantitative estimate of drug-likeness (QED) is 0.864. The number of nitrogens with zero attached hydrogens (tertiary/aromatic N) is 3. The smallest absolute Gasteiger partial charge is 0.217 e. The molecule has 5 nitrogen and oxygen atoms in total. The fraction of sp³-hybridized carbons (Fsp3) is 0.643. The molecule has 1 aromatic heterocycles. The third-order valence-corrected chi connectivity index (χ3v) is 4.02. The summed E-state index contributed by atoms with van der Waals surface area (Å²) in [5.74, 6) is 1.67. The highest BCUT2D eigenvalue weighted by atomic mass is 35.5. The van der Waals surface area contributed by atoms with Gasteiger partial charge >= 0.3 is 0 Å². The fourth-order valence-electron chi connectivity index (χ4n) is 2.82. The summed E-state index contributed by atoms with van der Waals surface area (Å²) in [4.78, 5) is 22.1. The van der Waals surface area contributed by atoms with Gasteiger partial charge in [-0.1, -0.05) is 18.5 Å². The normalized spacial score (nSPS) is 19.1. The molecule has 1 unspecified atom stereocenters. The van der Waals surface area contributed by atoms with Crippen molar-refractivity contribution in [2.75, 3.05) is 18.0 Å². The Hall–Kier alpha value is -1.36. The van der Waals surface area contributed by atoms with Crippen molar-refractivity contribution in [3.05, 3.63) is 16.5 Å². The lowest BCUT2D eigenvalue weighted by Gasteiger charge is -2.34. The van der Waals surface area contributed by atoms with Gasteiger partial charge in [-0.25, -0.2) is 9.97 Å². The van der Waals surface area contributed by atoms with Crippen molar-refractivity contribution in [2.45, 2.75) is 39.5 Å². The van der Waals surface area contributed by atoms with E-state index in [2.05, 4.69) is 14.9 Å². The number of rotatable bonds is 4. The summed E-state index contributed by atoms with van der Waals surface area (Å²) >= 11 is 6.22. The van der Waals surface area contributed by atoms with Crippen molar-refractivity contribution < 1.29 is 4.79 Å². The summed E-state index contributed by atoms with van der Waals surface area (Å²) in [5, 5.41) is 0.534. The van der Waals surface area contributed by atoms with Crippen LogP contribution in [0, 0.1) is 12.8 Å². The van der Waals surface area contributed by atoms with Crippen LogP contribution in [-0.4, -0.2) is 29.0 Å². The monoisotopic (exact) mass is 296 g/mol. The van der Waals surface area contributed by atoms with E-state index < -0.39 is 0 Å². The van der Waals surface area contributed by atoms with Crippen LogP contribution in [0.5, 0.6) is 0 Å². The maximum Gasteiger partial charge on any atom is 0.217 e. The molecule has 0 aromatic carbocycles. The molecule has 1 fully saturated rings. The zero-order valence-corrected chi connectivity index (χ0v) is 12.8. The summed E-state index contributed by atoms with van der Waals surface area (Å²) in [7, 11) is 0. The molecule has 0 bridgehead atoms. The van der Waals surface area contributed by atoms with Crippen molar-refractivity contribution in [2.24, 2.45) is 11.7 Å². The minimum Gasteiger partial charge on any atom is -0.370 e. The fourth-order valence-corrected chi connectivity index (χ4v) is 3.16. The highest BCUT2D eigenvalue weighted by Gasteiger charge is 2.25. The first kappa shape index (κ1) is 15.0. The van der Waals surface area contributed by atoms with Crippen molar-refractivity contribution in [3.8, 4) is 0 Å². The molecule has 1 aromatic rings. The van der Waals surface area contributed by atoms with E-state index in [0.29, 0.717) is 23.3 Å². The third kappa shape index (κ3) is 3.39. The number of aromatic nitrogens is 2. The second-order valence-corrected chi connectivity index (χ2v) is 5.70. The van der Waals surface area contributed by atoms with Crippen molar-refractivity contribution in [3.63, 3.8) is 0 Å². The standard InChI is InChI=1S/C14H21ClN4O/c1-3-11-13(15)17-9(2)18-14(11)19-6-4-5-10(8-19)7-12(16)20/h10H,3-8H2,1-2H3,(H2,16,20). The van der Waals surface area contributed by atoms with Crippen LogP contribution in [0.3, 0.4) is 0 Å². The van der Waals surface area contributed by atoms with Gasteiger partial charge in [0.05, 0.1) is 0 Å². The van der Waals surface area contributed by atoms with Crippen LogP contribution < -0.4 is 10.6 Å². The summed E-state index contributed by atoms with van der Waals surface area (Å²) in [5.41, 5.74) is 6.29. The molecule has 1 atom stereocenters. The van der Waals surface area contributed by atoms with Gasteiger partial charge in [0.2, 0.25) is 5.91 Å². The summed E-state index contributed by atoms with van der Waals surface area (Å²) < 4.78 is 0. The predicted molar refractivity (Wildman–Crippen MR) is 79.9 cm³/mol. The average molecular weight is 297 g/mol. The Morgan fingerprint density at radius 3 is 2.90 bits per heavy atom. The number of primary amides is 1. The first-order valence-electron chi connectivity index (χ1n) is 7.07. The summed E-state index contributed by atoms with van der Waals surface area (Å²) in [6.07, 6.45) is 3.32. The average Bonchev–Trinajstić information content (AvgIpc) is 2.37. The summed E-state index contributed by atoms with van der Waals surface area (Å²) in [6.45, 7) is 5.64. The van der Waals surface area contributed by atoms with Gasteiger partial charge in [0.15, 0.2) is 0 Å². The molecule has 1 aliphatic heterocycles. The number of anilines is 1. The number of aryl methyl sites for hydroxylation is 1. The minimum atomic E-state index is -0.232. The van der Waals surface area contributed by atoms with Crippen molar-refractivity contribution >= 4 is 23.3 Å². The number of hydrogen-bond donors (Lipinski definition) is 1. The Morgan fingerprint density at radius 2 is 2.25 bits per heavy atom. The molecule has 2 rings (SSSR count). The topological polar surface area (TPSA) is 72.1 Å². The molecule has 0 radical (unpaired) electrons.